The lowest BCUT2D eigenvalue weighted by atomic mass is 9.73. The van der Waals surface area contributed by atoms with Crippen LogP contribution in [0.2, 0.25) is 0 Å². The van der Waals surface area contributed by atoms with E-state index in [1.807, 2.05) is 36.2 Å². The van der Waals surface area contributed by atoms with Gasteiger partial charge < -0.3 is 10.6 Å². The minimum atomic E-state index is -0.325. The summed E-state index contributed by atoms with van der Waals surface area (Å²) in [6.45, 7) is 1.09. The standard InChI is InChI=1S/C16H23BrN2O/c1-19(11-13-7-3-4-8-14(13)17)15(20)16(12-18)9-5-2-6-10-16/h3-4,7-8H,2,5-6,9-12,18H2,1H3. The fourth-order valence-corrected chi connectivity index (χ4v) is 3.50. The molecule has 110 valence electrons. The summed E-state index contributed by atoms with van der Waals surface area (Å²) in [5.41, 5.74) is 6.75. The predicted molar refractivity (Wildman–Crippen MR) is 85.2 cm³/mol. The fourth-order valence-electron chi connectivity index (χ4n) is 3.09. The summed E-state index contributed by atoms with van der Waals surface area (Å²) >= 11 is 3.54. The molecule has 0 heterocycles. The van der Waals surface area contributed by atoms with Gasteiger partial charge in [0.25, 0.3) is 0 Å². The molecule has 1 aliphatic rings. The Morgan fingerprint density at radius 1 is 1.30 bits per heavy atom. The van der Waals surface area contributed by atoms with Crippen molar-refractivity contribution in [2.24, 2.45) is 11.1 Å². The smallest absolute Gasteiger partial charge is 0.230 e. The van der Waals surface area contributed by atoms with E-state index in [2.05, 4.69) is 15.9 Å². The number of halogens is 1. The summed E-state index contributed by atoms with van der Waals surface area (Å²) in [5.74, 6) is 0.204. The van der Waals surface area contributed by atoms with Gasteiger partial charge in [-0.05, 0) is 24.5 Å². The van der Waals surface area contributed by atoms with Crippen LogP contribution in [0.15, 0.2) is 28.7 Å². The first-order chi connectivity index (χ1) is 9.59. The number of hydrogen-bond donors (Lipinski definition) is 1. The molecular formula is C16H23BrN2O. The van der Waals surface area contributed by atoms with Crippen molar-refractivity contribution in [3.8, 4) is 0 Å². The van der Waals surface area contributed by atoms with Gasteiger partial charge in [-0.25, -0.2) is 0 Å². The lowest BCUT2D eigenvalue weighted by molar-refractivity contribution is -0.142. The first kappa shape index (κ1) is 15.5. The molecule has 2 N–H and O–H groups in total. The highest BCUT2D eigenvalue weighted by Gasteiger charge is 2.39. The van der Waals surface area contributed by atoms with Gasteiger partial charge in [-0.1, -0.05) is 53.4 Å². The van der Waals surface area contributed by atoms with E-state index < -0.39 is 0 Å². The lowest BCUT2D eigenvalue weighted by Gasteiger charge is -2.37. The maximum absolute atomic E-state index is 12.8. The second kappa shape index (κ2) is 6.72. The van der Waals surface area contributed by atoms with Crippen LogP contribution in [-0.2, 0) is 11.3 Å². The van der Waals surface area contributed by atoms with Crippen molar-refractivity contribution < 1.29 is 4.79 Å². The zero-order valence-corrected chi connectivity index (χ0v) is 13.7. The Morgan fingerprint density at radius 2 is 1.95 bits per heavy atom. The Kier molecular flexibility index (Phi) is 5.22. The molecule has 1 aliphatic carbocycles. The Balaban J connectivity index is 2.10. The minimum Gasteiger partial charge on any atom is -0.341 e. The van der Waals surface area contributed by atoms with Crippen LogP contribution in [-0.4, -0.2) is 24.4 Å². The Morgan fingerprint density at radius 3 is 2.55 bits per heavy atom. The Labute approximate surface area is 129 Å². The van der Waals surface area contributed by atoms with E-state index in [0.29, 0.717) is 13.1 Å². The average molecular weight is 339 g/mol. The summed E-state index contributed by atoms with van der Waals surface area (Å²) in [7, 11) is 1.88. The topological polar surface area (TPSA) is 46.3 Å². The minimum absolute atomic E-state index is 0.204. The number of nitrogens with two attached hydrogens (primary N) is 1. The third kappa shape index (κ3) is 3.23. The fraction of sp³-hybridized carbons (Fsp3) is 0.562. The van der Waals surface area contributed by atoms with Gasteiger partial charge >= 0.3 is 0 Å². The predicted octanol–water partition coefficient (Wildman–Crippen LogP) is 3.32. The molecule has 2 rings (SSSR count). The zero-order valence-electron chi connectivity index (χ0n) is 12.1. The molecule has 1 saturated carbocycles. The molecule has 0 spiro atoms. The van der Waals surface area contributed by atoms with E-state index in [1.165, 1.54) is 6.42 Å². The number of amides is 1. The summed E-state index contributed by atoms with van der Waals surface area (Å²) in [6.07, 6.45) is 5.33. The molecule has 0 unspecified atom stereocenters. The maximum atomic E-state index is 12.8. The molecule has 20 heavy (non-hydrogen) atoms. The highest BCUT2D eigenvalue weighted by molar-refractivity contribution is 9.10. The molecule has 1 amide bonds. The van der Waals surface area contributed by atoms with Gasteiger partial charge in [0, 0.05) is 24.6 Å². The number of carbonyl (C=O) groups is 1. The van der Waals surface area contributed by atoms with E-state index >= 15 is 0 Å². The van der Waals surface area contributed by atoms with Gasteiger partial charge in [-0.3, -0.25) is 4.79 Å². The zero-order chi connectivity index (χ0) is 14.6. The van der Waals surface area contributed by atoms with Crippen LogP contribution in [0.3, 0.4) is 0 Å². The number of nitrogens with zero attached hydrogens (tertiary/aromatic N) is 1. The van der Waals surface area contributed by atoms with Crippen LogP contribution >= 0.6 is 15.9 Å². The Bertz CT molecular complexity index is 469. The Hall–Kier alpha value is -0.870. The van der Waals surface area contributed by atoms with Crippen molar-refractivity contribution in [1.29, 1.82) is 0 Å². The van der Waals surface area contributed by atoms with Gasteiger partial charge in [0.05, 0.1) is 5.41 Å². The normalized spacial score (nSPS) is 17.8. The summed E-state index contributed by atoms with van der Waals surface area (Å²) in [6, 6.07) is 8.03. The van der Waals surface area contributed by atoms with Crippen LogP contribution in [0.4, 0.5) is 0 Å². The average Bonchev–Trinajstić information content (AvgIpc) is 2.49. The summed E-state index contributed by atoms with van der Waals surface area (Å²) in [4.78, 5) is 14.6. The van der Waals surface area contributed by atoms with Gasteiger partial charge in [0.2, 0.25) is 5.91 Å². The molecule has 0 bridgehead atoms. The molecule has 1 aromatic rings. The van der Waals surface area contributed by atoms with Crippen molar-refractivity contribution >= 4 is 21.8 Å². The first-order valence-corrected chi connectivity index (χ1v) is 8.07. The highest BCUT2D eigenvalue weighted by Crippen LogP contribution is 2.37. The van der Waals surface area contributed by atoms with E-state index in [4.69, 9.17) is 5.73 Å². The molecule has 0 aliphatic heterocycles. The van der Waals surface area contributed by atoms with Crippen LogP contribution in [0.5, 0.6) is 0 Å². The largest absolute Gasteiger partial charge is 0.341 e. The molecular weight excluding hydrogens is 316 g/mol. The van der Waals surface area contributed by atoms with Gasteiger partial charge in [-0.2, -0.15) is 0 Å². The number of hydrogen-bond acceptors (Lipinski definition) is 2. The van der Waals surface area contributed by atoms with Crippen molar-refractivity contribution in [2.45, 2.75) is 38.6 Å². The molecule has 1 fully saturated rings. The van der Waals surface area contributed by atoms with E-state index in [0.717, 1.165) is 35.7 Å². The quantitative estimate of drug-likeness (QED) is 0.915. The van der Waals surface area contributed by atoms with E-state index in [1.54, 1.807) is 0 Å². The lowest BCUT2D eigenvalue weighted by Crippen LogP contribution is -2.47. The van der Waals surface area contributed by atoms with Gasteiger partial charge in [-0.15, -0.1) is 0 Å². The van der Waals surface area contributed by atoms with Crippen LogP contribution in [0.25, 0.3) is 0 Å². The van der Waals surface area contributed by atoms with E-state index in [-0.39, 0.29) is 11.3 Å². The number of benzene rings is 1. The maximum Gasteiger partial charge on any atom is 0.230 e. The molecule has 0 atom stereocenters. The van der Waals surface area contributed by atoms with Crippen molar-refractivity contribution in [3.05, 3.63) is 34.3 Å². The number of rotatable bonds is 4. The molecule has 0 radical (unpaired) electrons. The molecule has 4 heteroatoms. The molecule has 1 aromatic carbocycles. The number of carbonyl (C=O) groups excluding carboxylic acids is 1. The third-order valence-corrected chi connectivity index (χ3v) is 5.14. The molecule has 0 aromatic heterocycles. The van der Waals surface area contributed by atoms with E-state index in [9.17, 15) is 4.79 Å². The highest BCUT2D eigenvalue weighted by atomic mass is 79.9. The van der Waals surface area contributed by atoms with Crippen LogP contribution in [0, 0.1) is 5.41 Å². The monoisotopic (exact) mass is 338 g/mol. The second-order valence-electron chi connectivity index (χ2n) is 5.80. The first-order valence-electron chi connectivity index (χ1n) is 7.28. The summed E-state index contributed by atoms with van der Waals surface area (Å²) < 4.78 is 1.05. The molecule has 0 saturated heterocycles. The second-order valence-corrected chi connectivity index (χ2v) is 6.65. The molecule has 3 nitrogen and oxygen atoms in total. The van der Waals surface area contributed by atoms with Gasteiger partial charge in [0.1, 0.15) is 0 Å². The third-order valence-electron chi connectivity index (χ3n) is 4.37. The van der Waals surface area contributed by atoms with Crippen molar-refractivity contribution in [1.82, 2.24) is 4.90 Å². The summed E-state index contributed by atoms with van der Waals surface area (Å²) in [5, 5.41) is 0. The van der Waals surface area contributed by atoms with Gasteiger partial charge in [0.15, 0.2) is 0 Å². The SMILES string of the molecule is CN(Cc1ccccc1Br)C(=O)C1(CN)CCCCC1. The van der Waals surface area contributed by atoms with Crippen LogP contribution in [0.1, 0.15) is 37.7 Å². The van der Waals surface area contributed by atoms with Crippen LogP contribution < -0.4 is 5.73 Å². The van der Waals surface area contributed by atoms with Crippen molar-refractivity contribution in [2.75, 3.05) is 13.6 Å². The van der Waals surface area contributed by atoms with Crippen molar-refractivity contribution in [3.63, 3.8) is 0 Å².